The van der Waals surface area contributed by atoms with Gasteiger partial charge in [0.25, 0.3) is 0 Å². The molecule has 14 heavy (non-hydrogen) atoms. The van der Waals surface area contributed by atoms with Crippen LogP contribution in [-0.4, -0.2) is 21.8 Å². The third-order valence-corrected chi connectivity index (χ3v) is 3.49. The molecule has 0 amide bonds. The summed E-state index contributed by atoms with van der Waals surface area (Å²) in [5.41, 5.74) is 1.51. The molecule has 0 aromatic carbocycles. The van der Waals surface area contributed by atoms with Crippen molar-refractivity contribution in [1.29, 1.82) is 0 Å². The molecule has 1 saturated carbocycles. The molecule has 0 radical (unpaired) electrons. The molecule has 0 aliphatic heterocycles. The predicted molar refractivity (Wildman–Crippen MR) is 50.7 cm³/mol. The Balaban J connectivity index is 2.08. The highest BCUT2D eigenvalue weighted by molar-refractivity contribution is 6.09. The third-order valence-electron chi connectivity index (χ3n) is 3.49. The summed E-state index contributed by atoms with van der Waals surface area (Å²) in [5.74, 6) is 0.823. The number of fused-ring (bicyclic) bond motifs is 5. The first kappa shape index (κ1) is 7.79. The zero-order chi connectivity index (χ0) is 9.71. The maximum absolute atomic E-state index is 8.88. The van der Waals surface area contributed by atoms with Crippen LogP contribution in [0.1, 0.15) is 0 Å². The molecule has 0 unspecified atom stereocenters. The lowest BCUT2D eigenvalue weighted by Gasteiger charge is -2.17. The molecule has 72 valence electrons. The van der Waals surface area contributed by atoms with Crippen molar-refractivity contribution in [2.24, 2.45) is 34.0 Å². The number of hydrogen-bond acceptors (Lipinski definition) is 4. The summed E-state index contributed by atoms with van der Waals surface area (Å²) in [4.78, 5) is 0. The third kappa shape index (κ3) is 0.697. The van der Waals surface area contributed by atoms with Gasteiger partial charge in [-0.15, -0.1) is 0 Å². The van der Waals surface area contributed by atoms with Crippen LogP contribution < -0.4 is 0 Å². The summed E-state index contributed by atoms with van der Waals surface area (Å²) in [6.45, 7) is 0. The van der Waals surface area contributed by atoms with Gasteiger partial charge in [-0.05, 0) is 12.0 Å². The van der Waals surface area contributed by atoms with Crippen molar-refractivity contribution in [3.8, 4) is 0 Å². The molecule has 3 rings (SSSR count). The van der Waals surface area contributed by atoms with E-state index in [4.69, 9.17) is 10.4 Å². The van der Waals surface area contributed by atoms with E-state index in [2.05, 4.69) is 16.4 Å². The SMILES string of the molecule is O/N=C1/C=C[C@H]2[C@@H]1[C@@H]1C=C[C@@H]2/C1=N/O. The van der Waals surface area contributed by atoms with Gasteiger partial charge in [0, 0.05) is 17.8 Å². The molecule has 0 aromatic rings. The molecule has 1 fully saturated rings. The van der Waals surface area contributed by atoms with Crippen LogP contribution in [-0.2, 0) is 0 Å². The molecule has 2 N–H and O–H groups in total. The van der Waals surface area contributed by atoms with Gasteiger partial charge >= 0.3 is 0 Å². The fourth-order valence-electron chi connectivity index (χ4n) is 2.93. The van der Waals surface area contributed by atoms with E-state index in [-0.39, 0.29) is 17.8 Å². The molecule has 4 heteroatoms. The highest BCUT2D eigenvalue weighted by Crippen LogP contribution is 2.49. The number of allylic oxidation sites excluding steroid dienone is 4. The topological polar surface area (TPSA) is 65.2 Å². The minimum Gasteiger partial charge on any atom is -0.411 e. The van der Waals surface area contributed by atoms with E-state index in [1.807, 2.05) is 18.2 Å². The van der Waals surface area contributed by atoms with Gasteiger partial charge in [0.2, 0.25) is 0 Å². The van der Waals surface area contributed by atoms with Crippen molar-refractivity contribution in [3.63, 3.8) is 0 Å². The monoisotopic (exact) mass is 190 g/mol. The average Bonchev–Trinajstić information content (AvgIpc) is 2.87. The van der Waals surface area contributed by atoms with Crippen molar-refractivity contribution in [2.75, 3.05) is 0 Å². The summed E-state index contributed by atoms with van der Waals surface area (Å²) in [6.07, 6.45) is 8.01. The second kappa shape index (κ2) is 2.47. The minimum absolute atomic E-state index is 0.121. The lowest BCUT2D eigenvalue weighted by atomic mass is 9.85. The molecule has 3 aliphatic carbocycles. The van der Waals surface area contributed by atoms with E-state index < -0.39 is 0 Å². The summed E-state index contributed by atoms with van der Waals surface area (Å²) < 4.78 is 0. The van der Waals surface area contributed by atoms with Crippen LogP contribution in [0, 0.1) is 23.7 Å². The molecule has 0 spiro atoms. The van der Waals surface area contributed by atoms with Gasteiger partial charge in [0.05, 0.1) is 11.4 Å². The molecule has 0 saturated heterocycles. The lowest BCUT2D eigenvalue weighted by molar-refractivity contribution is 0.312. The smallest absolute Gasteiger partial charge is 0.0839 e. The Morgan fingerprint density at radius 2 is 1.79 bits per heavy atom. The van der Waals surface area contributed by atoms with Gasteiger partial charge in [-0.1, -0.05) is 28.5 Å². The summed E-state index contributed by atoms with van der Waals surface area (Å²) >= 11 is 0. The lowest BCUT2D eigenvalue weighted by Crippen LogP contribution is -2.20. The van der Waals surface area contributed by atoms with Crippen molar-refractivity contribution < 1.29 is 10.4 Å². The first-order valence-electron chi connectivity index (χ1n) is 4.67. The molecule has 0 aromatic heterocycles. The minimum atomic E-state index is 0.121. The zero-order valence-electron chi connectivity index (χ0n) is 7.41. The van der Waals surface area contributed by atoms with Gasteiger partial charge in [0.15, 0.2) is 0 Å². The van der Waals surface area contributed by atoms with Gasteiger partial charge in [-0.3, -0.25) is 0 Å². The Morgan fingerprint density at radius 1 is 1.00 bits per heavy atom. The maximum atomic E-state index is 8.88. The van der Waals surface area contributed by atoms with E-state index in [0.717, 1.165) is 5.71 Å². The van der Waals surface area contributed by atoms with Crippen molar-refractivity contribution >= 4 is 11.4 Å². The van der Waals surface area contributed by atoms with Crippen molar-refractivity contribution in [2.45, 2.75) is 0 Å². The van der Waals surface area contributed by atoms with Crippen LogP contribution in [0.25, 0.3) is 0 Å². The number of rotatable bonds is 0. The normalized spacial score (nSPS) is 48.3. The Bertz CT molecular complexity index is 395. The Labute approximate surface area is 80.9 Å². The highest BCUT2D eigenvalue weighted by Gasteiger charge is 2.52. The Morgan fingerprint density at radius 3 is 2.50 bits per heavy atom. The fourth-order valence-corrected chi connectivity index (χ4v) is 2.93. The summed E-state index contributed by atoms with van der Waals surface area (Å²) in [7, 11) is 0. The van der Waals surface area contributed by atoms with Crippen LogP contribution in [0.5, 0.6) is 0 Å². The van der Waals surface area contributed by atoms with Gasteiger partial charge in [-0.2, -0.15) is 0 Å². The van der Waals surface area contributed by atoms with E-state index >= 15 is 0 Å². The van der Waals surface area contributed by atoms with Crippen molar-refractivity contribution in [3.05, 3.63) is 24.3 Å². The van der Waals surface area contributed by atoms with Crippen LogP contribution in [0.3, 0.4) is 0 Å². The molecule has 4 atom stereocenters. The zero-order valence-corrected chi connectivity index (χ0v) is 7.41. The van der Waals surface area contributed by atoms with E-state index in [9.17, 15) is 0 Å². The fraction of sp³-hybridized carbons (Fsp3) is 0.400. The highest BCUT2D eigenvalue weighted by atomic mass is 16.4. The number of nitrogens with zero attached hydrogens (tertiary/aromatic N) is 2. The summed E-state index contributed by atoms with van der Waals surface area (Å²) in [6, 6.07) is 0. The molecule has 2 bridgehead atoms. The quantitative estimate of drug-likeness (QED) is 0.343. The Hall–Kier alpha value is -1.58. The predicted octanol–water partition coefficient (Wildman–Crippen LogP) is 1.26. The summed E-state index contributed by atoms with van der Waals surface area (Å²) in [5, 5.41) is 24.3. The Kier molecular flexibility index (Phi) is 1.37. The first-order valence-corrected chi connectivity index (χ1v) is 4.67. The van der Waals surface area contributed by atoms with Crippen LogP contribution in [0.15, 0.2) is 34.6 Å². The van der Waals surface area contributed by atoms with Crippen molar-refractivity contribution in [1.82, 2.24) is 0 Å². The van der Waals surface area contributed by atoms with Crippen LogP contribution in [0.2, 0.25) is 0 Å². The number of hydrogen-bond donors (Lipinski definition) is 2. The standard InChI is InChI=1S/C10H10N2O2/c13-11-8-4-3-5-6-1-2-7(9(5)8)10(6)12-14/h1-7,9,13-14H/b11-8-,12-10-/t5-,6+,7+,9-/m1/s1. The van der Waals surface area contributed by atoms with E-state index in [1.54, 1.807) is 0 Å². The second-order valence-electron chi connectivity index (χ2n) is 3.95. The molecule has 0 heterocycles. The molecule has 3 aliphatic rings. The second-order valence-corrected chi connectivity index (χ2v) is 3.95. The number of oxime groups is 2. The molecular weight excluding hydrogens is 180 g/mol. The van der Waals surface area contributed by atoms with Crippen LogP contribution >= 0.6 is 0 Å². The van der Waals surface area contributed by atoms with Gasteiger partial charge < -0.3 is 10.4 Å². The first-order chi connectivity index (χ1) is 6.86. The van der Waals surface area contributed by atoms with E-state index in [1.165, 1.54) is 0 Å². The maximum Gasteiger partial charge on any atom is 0.0839 e. The average molecular weight is 190 g/mol. The molecule has 4 nitrogen and oxygen atoms in total. The van der Waals surface area contributed by atoms with Gasteiger partial charge in [-0.25, -0.2) is 0 Å². The largest absolute Gasteiger partial charge is 0.411 e. The molecular formula is C10H10N2O2. The van der Waals surface area contributed by atoms with Gasteiger partial charge in [0.1, 0.15) is 0 Å². The van der Waals surface area contributed by atoms with E-state index in [0.29, 0.717) is 11.6 Å². The van der Waals surface area contributed by atoms with Crippen LogP contribution in [0.4, 0.5) is 0 Å².